The van der Waals surface area contributed by atoms with Gasteiger partial charge in [0.05, 0.1) is 6.04 Å². The van der Waals surface area contributed by atoms with E-state index >= 15 is 0 Å². The lowest BCUT2D eigenvalue weighted by molar-refractivity contribution is 0.247. The Morgan fingerprint density at radius 1 is 0.925 bits per heavy atom. The first-order valence-corrected chi connectivity index (χ1v) is 14.1. The van der Waals surface area contributed by atoms with Crippen molar-refractivity contribution >= 4 is 35.1 Å². The number of aryl methyl sites for hydroxylation is 1. The highest BCUT2D eigenvalue weighted by molar-refractivity contribution is 7.98. The summed E-state index contributed by atoms with van der Waals surface area (Å²) in [6.07, 6.45) is 0.496. The number of carbonyl (C=O) groups excluding carboxylic acids is 1. The summed E-state index contributed by atoms with van der Waals surface area (Å²) in [7, 11) is 0. The lowest BCUT2D eigenvalue weighted by atomic mass is 10.1. The third kappa shape index (κ3) is 7.08. The molecule has 0 saturated heterocycles. The van der Waals surface area contributed by atoms with E-state index in [0.717, 1.165) is 22.4 Å². The van der Waals surface area contributed by atoms with Crippen molar-refractivity contribution in [3.8, 4) is 5.69 Å². The molecule has 0 aliphatic heterocycles. The zero-order chi connectivity index (χ0) is 27.9. The molecule has 0 bridgehead atoms. The summed E-state index contributed by atoms with van der Waals surface area (Å²) in [5.41, 5.74) is 4.58. The maximum atomic E-state index is 13.4. The minimum Gasteiger partial charge on any atom is -0.327 e. The first-order valence-electron chi connectivity index (χ1n) is 12.7. The van der Waals surface area contributed by atoms with Gasteiger partial charge in [-0.2, -0.15) is 0 Å². The van der Waals surface area contributed by atoms with Crippen LogP contribution in [0.5, 0.6) is 0 Å². The Hall–Kier alpha value is -4.14. The molecule has 6 nitrogen and oxygen atoms in total. The van der Waals surface area contributed by atoms with Gasteiger partial charge in [-0.1, -0.05) is 89.6 Å². The molecule has 0 fully saturated rings. The molecule has 0 aliphatic carbocycles. The minimum absolute atomic E-state index is 0.273. The lowest BCUT2D eigenvalue weighted by Gasteiger charge is -2.21. The minimum atomic E-state index is -0.504. The first kappa shape index (κ1) is 27.4. The summed E-state index contributed by atoms with van der Waals surface area (Å²) in [4.78, 5) is 13.2. The van der Waals surface area contributed by atoms with Crippen LogP contribution in [0.25, 0.3) is 5.69 Å². The van der Waals surface area contributed by atoms with Gasteiger partial charge in [0.2, 0.25) is 0 Å². The molecule has 1 heterocycles. The summed E-state index contributed by atoms with van der Waals surface area (Å²) in [5, 5.41) is 16.3. The van der Waals surface area contributed by atoms with Crippen LogP contribution >= 0.6 is 23.4 Å². The predicted octanol–water partition coefficient (Wildman–Crippen LogP) is 7.77. The van der Waals surface area contributed by atoms with Crippen molar-refractivity contribution in [3.63, 3.8) is 0 Å². The first-order chi connectivity index (χ1) is 19.4. The van der Waals surface area contributed by atoms with Crippen molar-refractivity contribution in [1.82, 2.24) is 20.1 Å². The van der Waals surface area contributed by atoms with Crippen LogP contribution in [0, 0.1) is 12.7 Å². The highest BCUT2D eigenvalue weighted by Crippen LogP contribution is 2.29. The average Bonchev–Trinajstić information content (AvgIpc) is 3.37. The Labute approximate surface area is 241 Å². The molecule has 0 radical (unpaired) electrons. The van der Waals surface area contributed by atoms with E-state index in [1.165, 1.54) is 23.9 Å². The molecule has 2 N–H and O–H groups in total. The van der Waals surface area contributed by atoms with E-state index in [2.05, 4.69) is 20.8 Å². The standard InChI is InChI=1S/C31H27ClFN5OS/c1-21-10-16-27(17-11-21)38-29(36-37-31(38)40-20-23-12-14-25(33)15-13-23)28(18-22-6-3-2-4-7-22)35-30(39)34-26-9-5-8-24(32)19-26/h2-17,19,28H,18,20H2,1H3,(H2,34,35,39)/t28-/m0/s1. The van der Waals surface area contributed by atoms with Gasteiger partial charge in [-0.25, -0.2) is 9.18 Å². The molecule has 4 aromatic carbocycles. The van der Waals surface area contributed by atoms with Crippen molar-refractivity contribution in [2.24, 2.45) is 0 Å². The van der Waals surface area contributed by atoms with Crippen molar-refractivity contribution in [3.05, 3.63) is 136 Å². The Balaban J connectivity index is 1.49. The van der Waals surface area contributed by atoms with E-state index < -0.39 is 6.04 Å². The molecule has 40 heavy (non-hydrogen) atoms. The second-order valence-electron chi connectivity index (χ2n) is 9.28. The zero-order valence-corrected chi connectivity index (χ0v) is 23.3. The SMILES string of the molecule is Cc1ccc(-n2c(SCc3ccc(F)cc3)nnc2[C@H](Cc2ccccc2)NC(=O)Nc2cccc(Cl)c2)cc1. The van der Waals surface area contributed by atoms with Crippen LogP contribution in [0.2, 0.25) is 5.02 Å². The maximum absolute atomic E-state index is 13.4. The van der Waals surface area contributed by atoms with Crippen LogP contribution in [0.4, 0.5) is 14.9 Å². The van der Waals surface area contributed by atoms with Gasteiger partial charge in [-0.05, 0) is 60.5 Å². The number of nitrogens with zero attached hydrogens (tertiary/aromatic N) is 3. The maximum Gasteiger partial charge on any atom is 0.319 e. The van der Waals surface area contributed by atoms with E-state index in [1.54, 1.807) is 36.4 Å². The molecule has 0 unspecified atom stereocenters. The number of urea groups is 1. The van der Waals surface area contributed by atoms with Gasteiger partial charge in [0.25, 0.3) is 0 Å². The molecule has 0 spiro atoms. The van der Waals surface area contributed by atoms with Gasteiger partial charge in [0.15, 0.2) is 11.0 Å². The molecule has 1 aromatic heterocycles. The molecule has 5 rings (SSSR count). The van der Waals surface area contributed by atoms with Gasteiger partial charge in [-0.3, -0.25) is 4.57 Å². The number of benzene rings is 4. The number of nitrogens with one attached hydrogen (secondary N) is 2. The molecule has 0 aliphatic rings. The number of carbonyl (C=O) groups is 1. The van der Waals surface area contributed by atoms with Gasteiger partial charge in [-0.15, -0.1) is 10.2 Å². The van der Waals surface area contributed by atoms with Crippen molar-refractivity contribution in [2.45, 2.75) is 30.3 Å². The van der Waals surface area contributed by atoms with E-state index in [-0.39, 0.29) is 11.8 Å². The summed E-state index contributed by atoms with van der Waals surface area (Å²) in [5.74, 6) is 0.899. The number of halogens is 2. The number of rotatable bonds is 9. The van der Waals surface area contributed by atoms with E-state index in [9.17, 15) is 9.18 Å². The van der Waals surface area contributed by atoms with Crippen molar-refractivity contribution in [2.75, 3.05) is 5.32 Å². The second kappa shape index (κ2) is 12.8. The summed E-state index contributed by atoms with van der Waals surface area (Å²) < 4.78 is 15.4. The van der Waals surface area contributed by atoms with Crippen LogP contribution in [0.1, 0.15) is 28.6 Å². The van der Waals surface area contributed by atoms with Gasteiger partial charge < -0.3 is 10.6 Å². The predicted molar refractivity (Wildman–Crippen MR) is 159 cm³/mol. The number of thioether (sulfide) groups is 1. The number of hydrogen-bond acceptors (Lipinski definition) is 4. The molecule has 0 saturated carbocycles. The largest absolute Gasteiger partial charge is 0.327 e. The van der Waals surface area contributed by atoms with Crippen LogP contribution in [-0.4, -0.2) is 20.8 Å². The molecule has 5 aromatic rings. The van der Waals surface area contributed by atoms with Crippen LogP contribution < -0.4 is 10.6 Å². The third-order valence-corrected chi connectivity index (χ3v) is 7.45. The van der Waals surface area contributed by atoms with Gasteiger partial charge in [0.1, 0.15) is 5.82 Å². The summed E-state index contributed by atoms with van der Waals surface area (Å²) in [6, 6.07) is 30.5. The quantitative estimate of drug-likeness (QED) is 0.177. The topological polar surface area (TPSA) is 71.8 Å². The van der Waals surface area contributed by atoms with Crippen molar-refractivity contribution in [1.29, 1.82) is 0 Å². The van der Waals surface area contributed by atoms with E-state index in [4.69, 9.17) is 11.6 Å². The fraction of sp³-hybridized carbons (Fsp3) is 0.129. The highest BCUT2D eigenvalue weighted by Gasteiger charge is 2.25. The molecule has 2 amide bonds. The monoisotopic (exact) mass is 571 g/mol. The smallest absolute Gasteiger partial charge is 0.319 e. The Bertz CT molecular complexity index is 1580. The van der Waals surface area contributed by atoms with Gasteiger partial charge in [0, 0.05) is 28.6 Å². The van der Waals surface area contributed by atoms with Crippen molar-refractivity contribution < 1.29 is 9.18 Å². The molecular weight excluding hydrogens is 545 g/mol. The fourth-order valence-electron chi connectivity index (χ4n) is 4.21. The number of hydrogen-bond donors (Lipinski definition) is 2. The number of aromatic nitrogens is 3. The van der Waals surface area contributed by atoms with Crippen LogP contribution in [-0.2, 0) is 12.2 Å². The Morgan fingerprint density at radius 3 is 2.40 bits per heavy atom. The molecular formula is C31H27ClFN5OS. The normalized spacial score (nSPS) is 11.7. The Kier molecular flexibility index (Phi) is 8.78. The molecule has 202 valence electrons. The average molecular weight is 572 g/mol. The second-order valence-corrected chi connectivity index (χ2v) is 10.7. The van der Waals surface area contributed by atoms with Gasteiger partial charge >= 0.3 is 6.03 Å². The molecule has 1 atom stereocenters. The summed E-state index contributed by atoms with van der Waals surface area (Å²) in [6.45, 7) is 2.03. The third-order valence-electron chi connectivity index (χ3n) is 6.21. The van der Waals surface area contributed by atoms with Crippen LogP contribution in [0.3, 0.4) is 0 Å². The Morgan fingerprint density at radius 2 is 1.68 bits per heavy atom. The number of anilines is 1. The summed E-state index contributed by atoms with van der Waals surface area (Å²) >= 11 is 7.60. The van der Waals surface area contributed by atoms with E-state index in [1.807, 2.05) is 66.1 Å². The highest BCUT2D eigenvalue weighted by atomic mass is 35.5. The molecule has 9 heteroatoms. The fourth-order valence-corrected chi connectivity index (χ4v) is 5.32. The number of amides is 2. The zero-order valence-electron chi connectivity index (χ0n) is 21.7. The van der Waals surface area contributed by atoms with E-state index in [0.29, 0.717) is 33.9 Å². The lowest BCUT2D eigenvalue weighted by Crippen LogP contribution is -2.35. The van der Waals surface area contributed by atoms with Crippen LogP contribution in [0.15, 0.2) is 108 Å².